The molecule has 1 heterocycles. The molecule has 0 unspecified atom stereocenters. The number of nitrogens with zero attached hydrogens (tertiary/aromatic N) is 2. The van der Waals surface area contributed by atoms with Crippen LogP contribution in [0.2, 0.25) is 10.0 Å². The summed E-state index contributed by atoms with van der Waals surface area (Å²) in [6.07, 6.45) is 0.712. The quantitative estimate of drug-likeness (QED) is 0.476. The molecular formula is C27H34Cl2N4O3. The molecule has 2 aromatic rings. The zero-order valence-electron chi connectivity index (χ0n) is 21.0. The number of hydrogen-bond donors (Lipinski definition) is 2. The molecule has 2 atom stereocenters. The molecule has 0 bridgehead atoms. The van der Waals surface area contributed by atoms with Crippen molar-refractivity contribution in [2.75, 3.05) is 31.1 Å². The first kappa shape index (κ1) is 28.0. The summed E-state index contributed by atoms with van der Waals surface area (Å²) in [5, 5.41) is 3.71. The van der Waals surface area contributed by atoms with Gasteiger partial charge in [-0.25, -0.2) is 0 Å². The van der Waals surface area contributed by atoms with Crippen LogP contribution in [0.4, 0.5) is 5.69 Å². The van der Waals surface area contributed by atoms with Crippen molar-refractivity contribution >= 4 is 46.5 Å². The predicted octanol–water partition coefficient (Wildman–Crippen LogP) is 3.95. The lowest BCUT2D eigenvalue weighted by Crippen LogP contribution is -2.57. The van der Waals surface area contributed by atoms with Crippen molar-refractivity contribution in [3.63, 3.8) is 0 Å². The van der Waals surface area contributed by atoms with E-state index in [1.165, 1.54) is 0 Å². The van der Waals surface area contributed by atoms with Gasteiger partial charge in [0.25, 0.3) is 0 Å². The predicted molar refractivity (Wildman–Crippen MR) is 145 cm³/mol. The van der Waals surface area contributed by atoms with Gasteiger partial charge in [-0.05, 0) is 42.7 Å². The number of carbonyl (C=O) groups excluding carboxylic acids is 3. The number of carbonyl (C=O) groups is 3. The summed E-state index contributed by atoms with van der Waals surface area (Å²) in [7, 11) is 0. The lowest BCUT2D eigenvalue weighted by Gasteiger charge is -2.38. The van der Waals surface area contributed by atoms with Crippen molar-refractivity contribution < 1.29 is 14.4 Å². The summed E-state index contributed by atoms with van der Waals surface area (Å²) in [6.45, 7) is 7.71. The molecule has 7 nitrogen and oxygen atoms in total. The van der Waals surface area contributed by atoms with Gasteiger partial charge < -0.3 is 20.9 Å². The Balaban J connectivity index is 1.73. The van der Waals surface area contributed by atoms with Gasteiger partial charge in [-0.3, -0.25) is 14.4 Å². The fourth-order valence-electron chi connectivity index (χ4n) is 4.26. The fourth-order valence-corrected chi connectivity index (χ4v) is 4.75. The molecule has 1 fully saturated rings. The van der Waals surface area contributed by atoms with Crippen LogP contribution < -0.4 is 16.0 Å². The first-order valence-corrected chi connectivity index (χ1v) is 13.0. The van der Waals surface area contributed by atoms with Gasteiger partial charge >= 0.3 is 0 Å². The van der Waals surface area contributed by atoms with Crippen LogP contribution in [0.15, 0.2) is 42.5 Å². The van der Waals surface area contributed by atoms with Crippen LogP contribution >= 0.6 is 23.2 Å². The number of Topliss-reactive ketones (excluding diaryl/α,β-unsaturated/α-hetero) is 1. The number of benzene rings is 2. The minimum Gasteiger partial charge on any atom is -0.367 e. The van der Waals surface area contributed by atoms with Gasteiger partial charge in [-0.15, -0.1) is 0 Å². The molecule has 2 aromatic carbocycles. The van der Waals surface area contributed by atoms with E-state index < -0.39 is 18.0 Å². The van der Waals surface area contributed by atoms with Crippen LogP contribution in [0, 0.1) is 5.92 Å². The maximum atomic E-state index is 13.5. The van der Waals surface area contributed by atoms with Crippen molar-refractivity contribution in [3.8, 4) is 0 Å². The number of nitrogens with two attached hydrogens (primary N) is 1. The molecule has 0 saturated carbocycles. The molecule has 3 rings (SSSR count). The average molecular weight is 534 g/mol. The molecule has 2 amide bonds. The maximum Gasteiger partial charge on any atom is 0.245 e. The lowest BCUT2D eigenvalue weighted by atomic mass is 9.99. The molecule has 36 heavy (non-hydrogen) atoms. The van der Waals surface area contributed by atoms with Gasteiger partial charge in [0.1, 0.15) is 6.04 Å². The third-order valence-electron chi connectivity index (χ3n) is 6.20. The molecule has 1 aliphatic rings. The molecule has 1 aliphatic heterocycles. The highest BCUT2D eigenvalue weighted by molar-refractivity contribution is 6.35. The van der Waals surface area contributed by atoms with E-state index in [0.29, 0.717) is 53.8 Å². The summed E-state index contributed by atoms with van der Waals surface area (Å²) in [4.78, 5) is 42.6. The number of ketones is 1. The van der Waals surface area contributed by atoms with Gasteiger partial charge in [0.2, 0.25) is 11.8 Å². The van der Waals surface area contributed by atoms with E-state index in [1.807, 2.05) is 38.1 Å². The fraction of sp³-hybridized carbons (Fsp3) is 0.444. The second-order valence-corrected chi connectivity index (χ2v) is 10.5. The molecule has 0 aromatic heterocycles. The summed E-state index contributed by atoms with van der Waals surface area (Å²) >= 11 is 12.4. The van der Waals surface area contributed by atoms with Crippen LogP contribution in [0.25, 0.3) is 0 Å². The molecule has 3 N–H and O–H groups in total. The Morgan fingerprint density at radius 3 is 2.28 bits per heavy atom. The van der Waals surface area contributed by atoms with Gasteiger partial charge in [0.15, 0.2) is 5.78 Å². The second-order valence-electron chi connectivity index (χ2n) is 9.64. The van der Waals surface area contributed by atoms with Crippen LogP contribution in [0.3, 0.4) is 0 Å². The molecule has 0 radical (unpaired) electrons. The lowest BCUT2D eigenvalue weighted by molar-refractivity contribution is -0.136. The Morgan fingerprint density at radius 2 is 1.67 bits per heavy atom. The first-order chi connectivity index (χ1) is 17.1. The number of halogens is 2. The Labute approximate surface area is 222 Å². The SMILES string of the molecule is CC(C)CC(=O)c1ccccc1N1CCN(C(=O)[C@@H](Cc2ccc(Cl)cc2Cl)NC(=O)[C@H](C)N)CC1. The third-order valence-corrected chi connectivity index (χ3v) is 6.78. The van der Waals surface area contributed by atoms with E-state index in [4.69, 9.17) is 28.9 Å². The topological polar surface area (TPSA) is 95.7 Å². The largest absolute Gasteiger partial charge is 0.367 e. The minimum absolute atomic E-state index is 0.123. The second kappa shape index (κ2) is 12.6. The molecule has 1 saturated heterocycles. The van der Waals surface area contributed by atoms with Crippen LogP contribution in [-0.4, -0.2) is 60.8 Å². The molecular weight excluding hydrogens is 499 g/mol. The smallest absolute Gasteiger partial charge is 0.245 e. The number of piperazine rings is 1. The van der Waals surface area contributed by atoms with Gasteiger partial charge in [-0.2, -0.15) is 0 Å². The Morgan fingerprint density at radius 1 is 1.00 bits per heavy atom. The maximum absolute atomic E-state index is 13.5. The summed E-state index contributed by atoms with van der Waals surface area (Å²) in [6, 6.07) is 11.1. The van der Waals surface area contributed by atoms with Crippen molar-refractivity contribution in [3.05, 3.63) is 63.6 Å². The van der Waals surface area contributed by atoms with E-state index in [0.717, 1.165) is 5.69 Å². The van der Waals surface area contributed by atoms with Gasteiger partial charge in [0.05, 0.1) is 6.04 Å². The summed E-state index contributed by atoms with van der Waals surface area (Å²) in [5.41, 5.74) is 8.06. The number of amides is 2. The first-order valence-electron chi connectivity index (χ1n) is 12.2. The number of anilines is 1. The Hall–Kier alpha value is -2.61. The van der Waals surface area contributed by atoms with E-state index in [2.05, 4.69) is 10.2 Å². The molecule has 0 aliphatic carbocycles. The van der Waals surface area contributed by atoms with Crippen molar-refractivity contribution in [2.24, 2.45) is 11.7 Å². The number of rotatable bonds is 9. The van der Waals surface area contributed by atoms with E-state index in [1.54, 1.807) is 30.0 Å². The van der Waals surface area contributed by atoms with E-state index in [9.17, 15) is 14.4 Å². The number of hydrogen-bond acceptors (Lipinski definition) is 5. The number of nitrogens with one attached hydrogen (secondary N) is 1. The third kappa shape index (κ3) is 7.21. The van der Waals surface area contributed by atoms with Crippen LogP contribution in [-0.2, 0) is 16.0 Å². The Bertz CT molecular complexity index is 1100. The van der Waals surface area contributed by atoms with Gasteiger partial charge in [0, 0.05) is 60.3 Å². The number of para-hydroxylation sites is 1. The van der Waals surface area contributed by atoms with Crippen molar-refractivity contribution in [1.29, 1.82) is 0 Å². The van der Waals surface area contributed by atoms with E-state index >= 15 is 0 Å². The van der Waals surface area contributed by atoms with Crippen molar-refractivity contribution in [1.82, 2.24) is 10.2 Å². The highest BCUT2D eigenvalue weighted by atomic mass is 35.5. The standard InChI is InChI=1S/C27H34Cl2N4O3/c1-17(2)14-25(34)21-6-4-5-7-24(21)32-10-12-33(13-11-32)27(36)23(31-26(35)18(3)30)15-19-8-9-20(28)16-22(19)29/h4-9,16-18,23H,10-15,30H2,1-3H3,(H,31,35)/t18-,23+/m0/s1. The minimum atomic E-state index is -0.811. The van der Waals surface area contributed by atoms with Crippen LogP contribution in [0.1, 0.15) is 43.1 Å². The summed E-state index contributed by atoms with van der Waals surface area (Å²) in [5.74, 6) is -0.205. The van der Waals surface area contributed by atoms with E-state index in [-0.39, 0.29) is 24.0 Å². The van der Waals surface area contributed by atoms with Crippen molar-refractivity contribution in [2.45, 2.75) is 45.7 Å². The molecule has 0 spiro atoms. The highest BCUT2D eigenvalue weighted by Crippen LogP contribution is 2.26. The zero-order valence-corrected chi connectivity index (χ0v) is 22.5. The van der Waals surface area contributed by atoms with Crippen LogP contribution in [0.5, 0.6) is 0 Å². The summed E-state index contributed by atoms with van der Waals surface area (Å²) < 4.78 is 0. The molecule has 194 valence electrons. The normalized spacial score (nSPS) is 15.5. The van der Waals surface area contributed by atoms with Gasteiger partial charge in [-0.1, -0.05) is 55.2 Å². The average Bonchev–Trinajstić information content (AvgIpc) is 2.84. The molecule has 9 heteroatoms. The monoisotopic (exact) mass is 532 g/mol. The Kier molecular flexibility index (Phi) is 9.77. The zero-order chi connectivity index (χ0) is 26.4. The highest BCUT2D eigenvalue weighted by Gasteiger charge is 2.31.